The molecule has 0 spiro atoms. The fourth-order valence-electron chi connectivity index (χ4n) is 2.70. The van der Waals surface area contributed by atoms with Crippen molar-refractivity contribution in [2.75, 3.05) is 0 Å². The van der Waals surface area contributed by atoms with Crippen LogP contribution in [-0.4, -0.2) is 71.3 Å². The van der Waals surface area contributed by atoms with Crippen LogP contribution >= 0.6 is 0 Å². The average molecular weight is 690 g/mol. The van der Waals surface area contributed by atoms with E-state index in [1.54, 1.807) is 0 Å². The Morgan fingerprint density at radius 2 is 0.524 bits per heavy atom. The summed E-state index contributed by atoms with van der Waals surface area (Å²) < 4.78 is 333. The van der Waals surface area contributed by atoms with Crippen LogP contribution in [0.3, 0.4) is 0 Å². The molecule has 0 radical (unpaired) electrons. The second-order valence-corrected chi connectivity index (χ2v) is 8.66. The normalized spacial score (nSPS) is 17.5. The number of halogens is 25. The molecule has 0 aromatic carbocycles. The van der Waals surface area contributed by atoms with Crippen LogP contribution in [0.5, 0.6) is 0 Å². The highest BCUT2D eigenvalue weighted by molar-refractivity contribution is 5.19. The lowest BCUT2D eigenvalue weighted by Crippen LogP contribution is -2.78. The predicted molar refractivity (Wildman–Crippen MR) is 84.5 cm³/mol. The van der Waals surface area contributed by atoms with Crippen LogP contribution in [0.1, 0.15) is 26.7 Å². The summed E-state index contributed by atoms with van der Waals surface area (Å²) >= 11 is 0. The topological polar surface area (TPSA) is 0 Å². The van der Waals surface area contributed by atoms with Gasteiger partial charge in [0.05, 0.1) is 0 Å². The van der Waals surface area contributed by atoms with Crippen molar-refractivity contribution in [3.63, 3.8) is 0 Å². The summed E-state index contributed by atoms with van der Waals surface area (Å²) in [7, 11) is 0. The maximum absolute atomic E-state index is 13.7. The maximum Gasteiger partial charge on any atom is 0.460 e. The van der Waals surface area contributed by atoms with E-state index in [0.717, 1.165) is 6.92 Å². The first-order valence-corrected chi connectivity index (χ1v) is 9.93. The Hall–Kier alpha value is -1.75. The standard InChI is InChI=1S/C17H11F25/c1-3-5(2)4-6(18,19)7(20,21)8(22,23)9(24,25)10(26,27)11(28,29)12(30,31)13(32,33)14(34,35)15(36,37)16(38,39)17(40,41)42/h5H,3-4H2,1-2H3. The molecule has 25 heteroatoms. The van der Waals surface area contributed by atoms with Gasteiger partial charge in [0, 0.05) is 6.42 Å². The fraction of sp³-hybridized carbons (Fsp3) is 1.00. The molecule has 0 fully saturated rings. The van der Waals surface area contributed by atoms with Gasteiger partial charge in [-0.25, -0.2) is 0 Å². The van der Waals surface area contributed by atoms with Crippen LogP contribution in [0.25, 0.3) is 0 Å². The van der Waals surface area contributed by atoms with E-state index < -0.39 is 90.1 Å². The molecule has 0 heterocycles. The van der Waals surface area contributed by atoms with E-state index in [4.69, 9.17) is 0 Å². The molecule has 42 heavy (non-hydrogen) atoms. The molecule has 1 unspecified atom stereocenters. The molecule has 0 N–H and O–H groups in total. The van der Waals surface area contributed by atoms with Crippen molar-refractivity contribution in [2.45, 2.75) is 98.0 Å². The molecule has 0 aromatic heterocycles. The molecule has 0 rings (SSSR count). The molecule has 0 aliphatic carbocycles. The highest BCUT2D eigenvalue weighted by Gasteiger charge is 2.99. The van der Waals surface area contributed by atoms with Gasteiger partial charge in [-0.3, -0.25) is 0 Å². The summed E-state index contributed by atoms with van der Waals surface area (Å²) in [6.07, 6.45) is -11.5. The molecule has 0 aromatic rings. The first-order valence-electron chi connectivity index (χ1n) is 9.93. The Morgan fingerprint density at radius 3 is 0.714 bits per heavy atom. The molecular weight excluding hydrogens is 679 g/mol. The van der Waals surface area contributed by atoms with Crippen molar-refractivity contribution in [3.05, 3.63) is 0 Å². The average Bonchev–Trinajstić information content (AvgIpc) is 2.76. The number of rotatable bonds is 13. The largest absolute Gasteiger partial charge is 0.460 e. The van der Waals surface area contributed by atoms with Crippen molar-refractivity contribution in [2.24, 2.45) is 5.92 Å². The minimum absolute atomic E-state index is 0.490. The molecule has 0 aliphatic rings. The van der Waals surface area contributed by atoms with E-state index in [1.165, 1.54) is 0 Å². The first-order chi connectivity index (χ1) is 17.7. The van der Waals surface area contributed by atoms with Crippen molar-refractivity contribution in [3.8, 4) is 0 Å². The number of hydrogen-bond acceptors (Lipinski definition) is 0. The van der Waals surface area contributed by atoms with Crippen LogP contribution in [0, 0.1) is 5.92 Å². The van der Waals surface area contributed by atoms with Gasteiger partial charge in [-0.2, -0.15) is 110 Å². The van der Waals surface area contributed by atoms with Crippen LogP contribution < -0.4 is 0 Å². The zero-order valence-corrected chi connectivity index (χ0v) is 19.4. The molecule has 254 valence electrons. The van der Waals surface area contributed by atoms with Crippen LogP contribution in [0.15, 0.2) is 0 Å². The van der Waals surface area contributed by atoms with Crippen molar-refractivity contribution in [1.82, 2.24) is 0 Å². The molecule has 0 saturated carbocycles. The SMILES string of the molecule is CCC(C)CC(F)(F)C(F)(F)C(F)(F)C(F)(F)C(F)(F)C(F)(F)C(F)(F)C(F)(F)C(F)(F)C(F)(F)C(F)(F)C(F)(F)F. The van der Waals surface area contributed by atoms with Crippen molar-refractivity contribution >= 4 is 0 Å². The molecule has 0 aliphatic heterocycles. The minimum Gasteiger partial charge on any atom is -0.200 e. The summed E-state index contributed by atoms with van der Waals surface area (Å²) in [6, 6.07) is 0. The quantitative estimate of drug-likeness (QED) is 0.169. The number of hydrogen-bond donors (Lipinski definition) is 0. The number of alkyl halides is 25. The predicted octanol–water partition coefficient (Wildman–Crippen LogP) is 9.97. The van der Waals surface area contributed by atoms with Gasteiger partial charge in [0.25, 0.3) is 0 Å². The highest BCUT2D eigenvalue weighted by Crippen LogP contribution is 2.68. The molecule has 0 nitrogen and oxygen atoms in total. The van der Waals surface area contributed by atoms with Crippen LogP contribution in [0.4, 0.5) is 110 Å². The zero-order chi connectivity index (χ0) is 35.0. The third-order valence-electron chi connectivity index (χ3n) is 5.67. The maximum atomic E-state index is 13.7. The van der Waals surface area contributed by atoms with Gasteiger partial charge in [-0.05, 0) is 5.92 Å². The summed E-state index contributed by atoms with van der Waals surface area (Å²) in [5.41, 5.74) is 0. The second kappa shape index (κ2) is 10.1. The molecular formula is C17H11F25. The Morgan fingerprint density at radius 1 is 0.333 bits per heavy atom. The second-order valence-electron chi connectivity index (χ2n) is 8.66. The van der Waals surface area contributed by atoms with Gasteiger partial charge < -0.3 is 0 Å². The van der Waals surface area contributed by atoms with Gasteiger partial charge in [0.15, 0.2) is 0 Å². The summed E-state index contributed by atoms with van der Waals surface area (Å²) in [4.78, 5) is 0. The lowest BCUT2D eigenvalue weighted by Gasteiger charge is -2.45. The Balaban J connectivity index is 7.29. The van der Waals surface area contributed by atoms with Gasteiger partial charge in [0.1, 0.15) is 0 Å². The highest BCUT2D eigenvalue weighted by atomic mass is 19.4. The summed E-state index contributed by atoms with van der Waals surface area (Å²) in [5, 5.41) is 0. The van der Waals surface area contributed by atoms with Crippen LogP contribution in [0.2, 0.25) is 0 Å². The van der Waals surface area contributed by atoms with E-state index in [2.05, 4.69) is 0 Å². The van der Waals surface area contributed by atoms with E-state index in [0.29, 0.717) is 6.92 Å². The molecule has 0 amide bonds. The van der Waals surface area contributed by atoms with Gasteiger partial charge in [-0.15, -0.1) is 0 Å². The van der Waals surface area contributed by atoms with Crippen molar-refractivity contribution < 1.29 is 110 Å². The van der Waals surface area contributed by atoms with Gasteiger partial charge >= 0.3 is 71.3 Å². The Labute approximate surface area is 215 Å². The van der Waals surface area contributed by atoms with Gasteiger partial charge in [0.2, 0.25) is 0 Å². The van der Waals surface area contributed by atoms with E-state index in [9.17, 15) is 110 Å². The van der Waals surface area contributed by atoms with Crippen LogP contribution in [-0.2, 0) is 0 Å². The minimum atomic E-state index is -9.56. The van der Waals surface area contributed by atoms with E-state index >= 15 is 0 Å². The fourth-order valence-corrected chi connectivity index (χ4v) is 2.70. The smallest absolute Gasteiger partial charge is 0.200 e. The third kappa shape index (κ3) is 4.88. The Bertz CT molecular complexity index is 952. The zero-order valence-electron chi connectivity index (χ0n) is 19.4. The lowest BCUT2D eigenvalue weighted by atomic mass is 9.83. The Kier molecular flexibility index (Phi) is 9.72. The summed E-state index contributed by atoms with van der Waals surface area (Å²) in [6.45, 7) is 1.33. The monoisotopic (exact) mass is 690 g/mol. The van der Waals surface area contributed by atoms with Crippen molar-refractivity contribution in [1.29, 1.82) is 0 Å². The summed E-state index contributed by atoms with van der Waals surface area (Å²) in [5.74, 6) is -99.6. The lowest BCUT2D eigenvalue weighted by molar-refractivity contribution is -0.482. The van der Waals surface area contributed by atoms with E-state index in [-0.39, 0.29) is 0 Å². The van der Waals surface area contributed by atoms with Gasteiger partial charge in [-0.1, -0.05) is 20.3 Å². The molecule has 0 saturated heterocycles. The first kappa shape index (κ1) is 40.2. The van der Waals surface area contributed by atoms with E-state index in [1.807, 2.05) is 0 Å². The molecule has 0 bridgehead atoms. The third-order valence-corrected chi connectivity index (χ3v) is 5.67. The molecule has 1 atom stereocenters.